The maximum Gasteiger partial charge on any atom is 0.335 e. The lowest BCUT2D eigenvalue weighted by Crippen LogP contribution is -2.54. The second-order valence-corrected chi connectivity index (χ2v) is 8.27. The number of ether oxygens (including phenoxy) is 1. The first kappa shape index (κ1) is 21.8. The van der Waals surface area contributed by atoms with Crippen LogP contribution >= 0.6 is 27.5 Å². The molecule has 0 aliphatic carbocycles. The van der Waals surface area contributed by atoms with E-state index >= 15 is 0 Å². The van der Waals surface area contributed by atoms with Gasteiger partial charge < -0.3 is 4.74 Å². The lowest BCUT2D eigenvalue weighted by atomic mass is 10.1. The summed E-state index contributed by atoms with van der Waals surface area (Å²) < 4.78 is 6.55. The molecule has 0 unspecified atom stereocenters. The van der Waals surface area contributed by atoms with Crippen LogP contribution in [0.5, 0.6) is 5.75 Å². The van der Waals surface area contributed by atoms with Crippen LogP contribution in [0.2, 0.25) is 5.02 Å². The lowest BCUT2D eigenvalue weighted by molar-refractivity contribution is -0.122. The molecule has 160 valence electrons. The summed E-state index contributed by atoms with van der Waals surface area (Å²) >= 11 is 9.20. The predicted octanol–water partition coefficient (Wildman–Crippen LogP) is 5.35. The summed E-state index contributed by atoms with van der Waals surface area (Å²) in [6, 6.07) is 20.1. The molecule has 1 heterocycles. The van der Waals surface area contributed by atoms with Crippen LogP contribution < -0.4 is 15.0 Å². The zero-order valence-electron chi connectivity index (χ0n) is 16.5. The van der Waals surface area contributed by atoms with E-state index in [4.69, 9.17) is 16.3 Å². The zero-order chi connectivity index (χ0) is 22.7. The molecule has 0 bridgehead atoms. The number of rotatable bonds is 5. The Morgan fingerprint density at radius 3 is 2.22 bits per heavy atom. The normalized spacial score (nSPS) is 15.1. The van der Waals surface area contributed by atoms with Crippen molar-refractivity contribution in [3.63, 3.8) is 0 Å². The number of nitrogens with zero attached hydrogens (tertiary/aromatic N) is 1. The lowest BCUT2D eigenvalue weighted by Gasteiger charge is -2.26. The van der Waals surface area contributed by atoms with Crippen LogP contribution in [0.3, 0.4) is 0 Å². The Balaban J connectivity index is 1.50. The van der Waals surface area contributed by atoms with Crippen molar-refractivity contribution in [2.45, 2.75) is 6.61 Å². The highest BCUT2D eigenvalue weighted by atomic mass is 79.9. The Kier molecular flexibility index (Phi) is 6.39. The van der Waals surface area contributed by atoms with E-state index in [9.17, 15) is 14.4 Å². The fraction of sp³-hybridized carbons (Fsp3) is 0.0417. The zero-order valence-corrected chi connectivity index (χ0v) is 18.9. The van der Waals surface area contributed by atoms with Crippen LogP contribution in [0.15, 0.2) is 82.8 Å². The fourth-order valence-corrected chi connectivity index (χ4v) is 3.45. The minimum absolute atomic E-state index is 0.137. The van der Waals surface area contributed by atoms with Crippen LogP contribution in [0.4, 0.5) is 10.5 Å². The van der Waals surface area contributed by atoms with Gasteiger partial charge in [-0.25, -0.2) is 9.69 Å². The third-order valence-corrected chi connectivity index (χ3v) is 5.48. The minimum Gasteiger partial charge on any atom is -0.489 e. The average molecular weight is 512 g/mol. The summed E-state index contributed by atoms with van der Waals surface area (Å²) in [6.45, 7) is 0.378. The highest BCUT2D eigenvalue weighted by Gasteiger charge is 2.36. The van der Waals surface area contributed by atoms with Crippen molar-refractivity contribution in [2.75, 3.05) is 4.90 Å². The quantitative estimate of drug-likeness (QED) is 0.370. The van der Waals surface area contributed by atoms with Gasteiger partial charge in [-0.15, -0.1) is 0 Å². The molecule has 0 spiro atoms. The van der Waals surface area contributed by atoms with Crippen molar-refractivity contribution in [1.29, 1.82) is 0 Å². The van der Waals surface area contributed by atoms with Gasteiger partial charge in [0.25, 0.3) is 11.8 Å². The largest absolute Gasteiger partial charge is 0.489 e. The van der Waals surface area contributed by atoms with E-state index in [-0.39, 0.29) is 5.57 Å². The first-order valence-electron chi connectivity index (χ1n) is 9.55. The first-order chi connectivity index (χ1) is 15.4. The number of carbonyl (C=O) groups is 3. The Hall–Kier alpha value is -3.42. The highest BCUT2D eigenvalue weighted by molar-refractivity contribution is 9.10. The summed E-state index contributed by atoms with van der Waals surface area (Å²) in [6.07, 6.45) is 1.44. The number of halogens is 2. The summed E-state index contributed by atoms with van der Waals surface area (Å²) in [4.78, 5) is 38.4. The number of hydrogen-bond donors (Lipinski definition) is 1. The molecule has 32 heavy (non-hydrogen) atoms. The predicted molar refractivity (Wildman–Crippen MR) is 125 cm³/mol. The van der Waals surface area contributed by atoms with E-state index in [1.165, 1.54) is 6.08 Å². The van der Waals surface area contributed by atoms with Crippen molar-refractivity contribution in [2.24, 2.45) is 0 Å². The van der Waals surface area contributed by atoms with Crippen molar-refractivity contribution < 1.29 is 19.1 Å². The van der Waals surface area contributed by atoms with E-state index in [0.29, 0.717) is 28.6 Å². The summed E-state index contributed by atoms with van der Waals surface area (Å²) in [7, 11) is 0. The van der Waals surface area contributed by atoms with E-state index in [1.54, 1.807) is 60.7 Å². The Labute approximate surface area is 197 Å². The van der Waals surface area contributed by atoms with Crippen LogP contribution in [-0.2, 0) is 16.2 Å². The molecular weight excluding hydrogens is 496 g/mol. The standard InChI is InChI=1S/C24H16BrClN2O4/c25-17-5-9-19(10-6-17)28-23(30)21(22(29)27-24(28)31)13-15-3-11-20(12-4-15)32-14-16-1-7-18(26)8-2-16/h1-13H,14H2,(H,27,29,31)/b21-13+. The minimum atomic E-state index is -0.787. The molecule has 0 atom stereocenters. The molecule has 0 radical (unpaired) electrons. The monoisotopic (exact) mass is 510 g/mol. The van der Waals surface area contributed by atoms with Crippen molar-refractivity contribution >= 4 is 57.1 Å². The number of amides is 4. The molecule has 0 aromatic heterocycles. The number of imide groups is 2. The van der Waals surface area contributed by atoms with Crippen LogP contribution in [0.25, 0.3) is 6.08 Å². The molecule has 8 heteroatoms. The molecule has 0 saturated carbocycles. The third-order valence-electron chi connectivity index (χ3n) is 4.70. The fourth-order valence-electron chi connectivity index (χ4n) is 3.06. The first-order valence-corrected chi connectivity index (χ1v) is 10.7. The number of anilines is 1. The number of barbiturate groups is 1. The molecule has 1 aliphatic heterocycles. The summed E-state index contributed by atoms with van der Waals surface area (Å²) in [5, 5.41) is 2.87. The summed E-state index contributed by atoms with van der Waals surface area (Å²) in [5.74, 6) is -0.797. The van der Waals surface area contributed by atoms with Crippen molar-refractivity contribution in [3.8, 4) is 5.75 Å². The van der Waals surface area contributed by atoms with Gasteiger partial charge in [-0.3, -0.25) is 14.9 Å². The molecule has 3 aromatic rings. The summed E-state index contributed by atoms with van der Waals surface area (Å²) in [5.41, 5.74) is 1.82. The number of nitrogens with one attached hydrogen (secondary N) is 1. The molecular formula is C24H16BrClN2O4. The van der Waals surface area contributed by atoms with Crippen LogP contribution in [0.1, 0.15) is 11.1 Å². The highest BCUT2D eigenvalue weighted by Crippen LogP contribution is 2.24. The molecule has 1 saturated heterocycles. The van der Waals surface area contributed by atoms with Gasteiger partial charge in [-0.1, -0.05) is 51.8 Å². The molecule has 1 fully saturated rings. The van der Waals surface area contributed by atoms with Crippen molar-refractivity contribution in [3.05, 3.63) is 99.0 Å². The second-order valence-electron chi connectivity index (χ2n) is 6.92. The Morgan fingerprint density at radius 2 is 1.56 bits per heavy atom. The average Bonchev–Trinajstić information content (AvgIpc) is 2.78. The third kappa shape index (κ3) is 4.90. The number of benzene rings is 3. The van der Waals surface area contributed by atoms with Crippen LogP contribution in [0, 0.1) is 0 Å². The Bertz CT molecular complexity index is 1210. The Morgan fingerprint density at radius 1 is 0.906 bits per heavy atom. The number of carbonyl (C=O) groups excluding carboxylic acids is 3. The molecule has 3 aromatic carbocycles. The maximum absolute atomic E-state index is 12.9. The SMILES string of the molecule is O=C1NC(=O)N(c2ccc(Br)cc2)C(=O)/C1=C/c1ccc(OCc2ccc(Cl)cc2)cc1. The van der Waals surface area contributed by atoms with Gasteiger partial charge in [0.2, 0.25) is 0 Å². The van der Waals surface area contributed by atoms with E-state index in [0.717, 1.165) is 14.9 Å². The number of hydrogen-bond acceptors (Lipinski definition) is 4. The topological polar surface area (TPSA) is 75.7 Å². The van der Waals surface area contributed by atoms with E-state index in [1.807, 2.05) is 12.1 Å². The van der Waals surface area contributed by atoms with Gasteiger partial charge in [0.05, 0.1) is 5.69 Å². The molecule has 1 N–H and O–H groups in total. The molecule has 6 nitrogen and oxygen atoms in total. The molecule has 1 aliphatic rings. The number of urea groups is 1. The van der Waals surface area contributed by atoms with Crippen LogP contribution in [-0.4, -0.2) is 17.8 Å². The van der Waals surface area contributed by atoms with Gasteiger partial charge in [-0.05, 0) is 65.7 Å². The maximum atomic E-state index is 12.9. The van der Waals surface area contributed by atoms with Gasteiger partial charge in [-0.2, -0.15) is 0 Å². The smallest absolute Gasteiger partial charge is 0.335 e. The van der Waals surface area contributed by atoms with Crippen molar-refractivity contribution in [1.82, 2.24) is 5.32 Å². The van der Waals surface area contributed by atoms with Gasteiger partial charge >= 0.3 is 6.03 Å². The van der Waals surface area contributed by atoms with E-state index < -0.39 is 17.8 Å². The van der Waals surface area contributed by atoms with E-state index in [2.05, 4.69) is 21.2 Å². The van der Waals surface area contributed by atoms with Gasteiger partial charge in [0, 0.05) is 9.50 Å². The second kappa shape index (κ2) is 9.38. The van der Waals surface area contributed by atoms with Gasteiger partial charge in [0.1, 0.15) is 17.9 Å². The van der Waals surface area contributed by atoms with Gasteiger partial charge in [0.15, 0.2) is 0 Å². The molecule has 4 amide bonds. The molecule has 4 rings (SSSR count).